The van der Waals surface area contributed by atoms with Crippen LogP contribution in [0.4, 0.5) is 0 Å². The van der Waals surface area contributed by atoms with Gasteiger partial charge in [0.2, 0.25) is 0 Å². The first-order valence-corrected chi connectivity index (χ1v) is 11.1. The zero-order valence-corrected chi connectivity index (χ0v) is 17.3. The minimum absolute atomic E-state index is 0.0814. The van der Waals surface area contributed by atoms with Crippen molar-refractivity contribution in [1.82, 2.24) is 20.5 Å². The van der Waals surface area contributed by atoms with Crippen LogP contribution >= 0.6 is 21.6 Å². The molecule has 0 aliphatic carbocycles. The van der Waals surface area contributed by atoms with E-state index in [1.807, 2.05) is 54.6 Å². The van der Waals surface area contributed by atoms with Gasteiger partial charge in [0.1, 0.15) is 0 Å². The minimum Gasteiger partial charge on any atom is -0.355 e. The lowest BCUT2D eigenvalue weighted by Crippen LogP contribution is -2.18. The number of nitrogens with zero attached hydrogens (tertiary/aromatic N) is 2. The van der Waals surface area contributed by atoms with Crippen LogP contribution in [0.1, 0.15) is 21.7 Å². The molecule has 0 aliphatic rings. The highest BCUT2D eigenvalue weighted by molar-refractivity contribution is 8.76. The summed E-state index contributed by atoms with van der Waals surface area (Å²) in [6, 6.07) is 19.6. The lowest BCUT2D eigenvalue weighted by atomic mass is 10.2. The van der Waals surface area contributed by atoms with Gasteiger partial charge in [0.15, 0.2) is 0 Å². The average molecular weight is 419 g/mol. The van der Waals surface area contributed by atoms with Crippen molar-refractivity contribution in [3.05, 3.63) is 83.8 Å². The molecule has 29 heavy (non-hydrogen) atoms. The molecule has 0 bridgehead atoms. The smallest absolute Gasteiger partial charge is 0.252 e. The van der Waals surface area contributed by atoms with Crippen molar-refractivity contribution in [2.75, 3.05) is 7.05 Å². The number of pyridine rings is 1. The second-order valence-electron chi connectivity index (χ2n) is 6.15. The highest BCUT2D eigenvalue weighted by atomic mass is 33.1. The Kier molecular flexibility index (Phi) is 5.97. The van der Waals surface area contributed by atoms with Crippen molar-refractivity contribution in [3.8, 4) is 0 Å². The predicted octanol–water partition coefficient (Wildman–Crippen LogP) is 5.29. The van der Waals surface area contributed by atoms with Gasteiger partial charge in [0, 0.05) is 28.4 Å². The number of nitrogens with one attached hydrogen (secondary N) is 2. The summed E-state index contributed by atoms with van der Waals surface area (Å²) in [6.07, 6.45) is 5.68. The predicted molar refractivity (Wildman–Crippen MR) is 121 cm³/mol. The Morgan fingerprint density at radius 2 is 1.90 bits per heavy atom. The molecule has 0 unspecified atom stereocenters. The van der Waals surface area contributed by atoms with Gasteiger partial charge in [-0.05, 0) is 54.6 Å². The van der Waals surface area contributed by atoms with Crippen LogP contribution < -0.4 is 5.32 Å². The number of aromatic nitrogens is 3. The molecule has 0 fully saturated rings. The summed E-state index contributed by atoms with van der Waals surface area (Å²) in [5.41, 5.74) is 3.41. The zero-order chi connectivity index (χ0) is 20.1. The maximum Gasteiger partial charge on any atom is 0.252 e. The van der Waals surface area contributed by atoms with Crippen LogP contribution in [0.15, 0.2) is 76.7 Å². The number of hydrogen-bond donors (Lipinski definition) is 2. The summed E-state index contributed by atoms with van der Waals surface area (Å²) in [6.45, 7) is 0. The lowest BCUT2D eigenvalue weighted by molar-refractivity contribution is 0.0960. The number of carbonyl (C=O) groups is 1. The Labute approximate surface area is 176 Å². The molecule has 4 rings (SSSR count). The van der Waals surface area contributed by atoms with E-state index in [1.165, 1.54) is 0 Å². The van der Waals surface area contributed by atoms with Gasteiger partial charge in [0.05, 0.1) is 22.5 Å². The van der Waals surface area contributed by atoms with Crippen molar-refractivity contribution in [2.45, 2.75) is 9.79 Å². The van der Waals surface area contributed by atoms with Crippen LogP contribution in [0.2, 0.25) is 0 Å². The van der Waals surface area contributed by atoms with E-state index in [4.69, 9.17) is 0 Å². The SMILES string of the molecule is CNC(=O)c1ccccc1SSc1ccc2c(/C=C/c3ccccn3)n[nH]c2c1. The van der Waals surface area contributed by atoms with Gasteiger partial charge in [-0.2, -0.15) is 5.10 Å². The Hall–Kier alpha value is -3.03. The Balaban J connectivity index is 1.51. The van der Waals surface area contributed by atoms with E-state index in [-0.39, 0.29) is 5.91 Å². The largest absolute Gasteiger partial charge is 0.355 e. The minimum atomic E-state index is -0.0814. The van der Waals surface area contributed by atoms with Crippen molar-refractivity contribution in [3.63, 3.8) is 0 Å². The number of hydrogen-bond acceptors (Lipinski definition) is 5. The quantitative estimate of drug-likeness (QED) is 0.417. The van der Waals surface area contributed by atoms with Gasteiger partial charge in [-0.1, -0.05) is 39.8 Å². The normalized spacial score (nSPS) is 11.2. The average Bonchev–Trinajstić information content (AvgIpc) is 3.19. The van der Waals surface area contributed by atoms with Crippen molar-refractivity contribution < 1.29 is 4.79 Å². The van der Waals surface area contributed by atoms with Crippen molar-refractivity contribution in [2.24, 2.45) is 0 Å². The zero-order valence-electron chi connectivity index (χ0n) is 15.6. The number of aromatic amines is 1. The summed E-state index contributed by atoms with van der Waals surface area (Å²) in [4.78, 5) is 18.3. The number of fused-ring (bicyclic) bond motifs is 1. The van der Waals surface area contributed by atoms with Crippen LogP contribution in [0, 0.1) is 0 Å². The molecule has 2 aromatic carbocycles. The first kappa shape index (κ1) is 19.3. The molecule has 144 valence electrons. The van der Waals surface area contributed by atoms with Crippen LogP contribution in [-0.2, 0) is 0 Å². The van der Waals surface area contributed by atoms with Gasteiger partial charge in [-0.3, -0.25) is 14.9 Å². The van der Waals surface area contributed by atoms with Crippen molar-refractivity contribution >= 4 is 50.5 Å². The second kappa shape index (κ2) is 8.98. The lowest BCUT2D eigenvalue weighted by Gasteiger charge is -2.07. The Morgan fingerprint density at radius 1 is 1.03 bits per heavy atom. The highest BCUT2D eigenvalue weighted by Gasteiger charge is 2.11. The van der Waals surface area contributed by atoms with Gasteiger partial charge in [0.25, 0.3) is 5.91 Å². The fourth-order valence-corrected chi connectivity index (χ4v) is 4.96. The molecular formula is C22H18N4OS2. The maximum atomic E-state index is 12.0. The fraction of sp³-hybridized carbons (Fsp3) is 0.0455. The molecule has 0 spiro atoms. The van der Waals surface area contributed by atoms with Gasteiger partial charge < -0.3 is 5.32 Å². The second-order valence-corrected chi connectivity index (χ2v) is 8.39. The van der Waals surface area contributed by atoms with E-state index >= 15 is 0 Å². The van der Waals surface area contributed by atoms with Gasteiger partial charge in [-0.25, -0.2) is 0 Å². The first-order valence-electron chi connectivity index (χ1n) is 8.97. The van der Waals surface area contributed by atoms with Crippen LogP contribution in [0.3, 0.4) is 0 Å². The third-order valence-corrected chi connectivity index (χ3v) is 6.68. The summed E-state index contributed by atoms with van der Waals surface area (Å²) in [7, 11) is 4.82. The number of carbonyl (C=O) groups excluding carboxylic acids is 1. The standard InChI is InChI=1S/C22H18N4OS2/c1-23-22(27)18-7-2-3-8-21(18)29-28-16-10-11-17-19(25-26-20(17)14-16)12-9-15-6-4-5-13-24-15/h2-14H,1H3,(H,23,27)(H,25,26)/b12-9+. The van der Waals surface area contributed by atoms with E-state index in [0.717, 1.165) is 32.1 Å². The monoisotopic (exact) mass is 418 g/mol. The molecule has 1 amide bonds. The van der Waals surface area contributed by atoms with Crippen LogP contribution in [0.25, 0.3) is 23.1 Å². The molecule has 4 aromatic rings. The molecular weight excluding hydrogens is 400 g/mol. The molecule has 0 radical (unpaired) electrons. The Bertz CT molecular complexity index is 1170. The van der Waals surface area contributed by atoms with E-state index in [1.54, 1.807) is 34.8 Å². The van der Waals surface area contributed by atoms with Gasteiger partial charge in [-0.15, -0.1) is 0 Å². The molecule has 0 atom stereocenters. The highest BCUT2D eigenvalue weighted by Crippen LogP contribution is 2.40. The summed E-state index contributed by atoms with van der Waals surface area (Å²) in [5, 5.41) is 11.2. The molecule has 0 saturated heterocycles. The van der Waals surface area contributed by atoms with Gasteiger partial charge >= 0.3 is 0 Å². The van der Waals surface area contributed by atoms with Crippen LogP contribution in [0.5, 0.6) is 0 Å². The van der Waals surface area contributed by atoms with E-state index in [0.29, 0.717) is 5.56 Å². The summed E-state index contributed by atoms with van der Waals surface area (Å²) >= 11 is 0. The molecule has 0 aliphatic heterocycles. The molecule has 7 heteroatoms. The molecule has 2 aromatic heterocycles. The number of benzene rings is 2. The summed E-state index contributed by atoms with van der Waals surface area (Å²) < 4.78 is 0. The van der Waals surface area contributed by atoms with E-state index < -0.39 is 0 Å². The number of amides is 1. The maximum absolute atomic E-state index is 12.0. The third-order valence-electron chi connectivity index (χ3n) is 4.25. The topological polar surface area (TPSA) is 70.7 Å². The van der Waals surface area contributed by atoms with Crippen molar-refractivity contribution in [1.29, 1.82) is 0 Å². The third kappa shape index (κ3) is 4.52. The number of rotatable bonds is 6. The molecule has 0 saturated carbocycles. The number of H-pyrrole nitrogens is 1. The van der Waals surface area contributed by atoms with Crippen LogP contribution in [-0.4, -0.2) is 28.1 Å². The Morgan fingerprint density at radius 3 is 2.72 bits per heavy atom. The fourth-order valence-electron chi connectivity index (χ4n) is 2.79. The summed E-state index contributed by atoms with van der Waals surface area (Å²) in [5.74, 6) is -0.0814. The molecule has 5 nitrogen and oxygen atoms in total. The van der Waals surface area contributed by atoms with E-state index in [9.17, 15) is 4.79 Å². The van der Waals surface area contributed by atoms with E-state index in [2.05, 4.69) is 38.7 Å². The first-order chi connectivity index (χ1) is 14.2. The molecule has 2 N–H and O–H groups in total. The molecule has 2 heterocycles.